The van der Waals surface area contributed by atoms with Gasteiger partial charge in [0.25, 0.3) is 5.91 Å². The van der Waals surface area contributed by atoms with Gasteiger partial charge in [-0.15, -0.1) is 0 Å². The smallest absolute Gasteiger partial charge is 0.407 e. The highest BCUT2D eigenvalue weighted by Crippen LogP contribution is 2.36. The van der Waals surface area contributed by atoms with Crippen LogP contribution in [0.2, 0.25) is 0 Å². The number of fused-ring (bicyclic) bond motifs is 1. The Bertz CT molecular complexity index is 1240. The molecular formula is C27H33N5O4. The fraction of sp³-hybridized carbons (Fsp3) is 0.481. The van der Waals surface area contributed by atoms with E-state index in [4.69, 9.17) is 9.47 Å². The summed E-state index contributed by atoms with van der Waals surface area (Å²) in [5.41, 5.74) is 4.52. The molecule has 9 heteroatoms. The molecule has 3 aromatic rings. The first-order chi connectivity index (χ1) is 17.5. The molecule has 9 nitrogen and oxygen atoms in total. The predicted molar refractivity (Wildman–Crippen MR) is 136 cm³/mol. The molecule has 0 unspecified atom stereocenters. The average Bonchev–Trinajstić information content (AvgIpc) is 3.60. The molecule has 2 aliphatic carbocycles. The van der Waals surface area contributed by atoms with E-state index >= 15 is 0 Å². The molecule has 5 rings (SSSR count). The fourth-order valence-electron chi connectivity index (χ4n) is 4.75. The second-order valence-corrected chi connectivity index (χ2v) is 9.79. The summed E-state index contributed by atoms with van der Waals surface area (Å²) in [5, 5.41) is 6.03. The monoisotopic (exact) mass is 491 g/mol. The summed E-state index contributed by atoms with van der Waals surface area (Å²) < 4.78 is 11.1. The number of aromatic nitrogens is 3. The number of rotatable bonds is 8. The van der Waals surface area contributed by atoms with Gasteiger partial charge in [0.15, 0.2) is 0 Å². The van der Waals surface area contributed by atoms with Crippen molar-refractivity contribution in [1.29, 1.82) is 0 Å². The molecule has 0 bridgehead atoms. The minimum absolute atomic E-state index is 0.0446. The van der Waals surface area contributed by atoms with E-state index in [1.165, 1.54) is 19.2 Å². The SMILES string of the molecule is CCOC(=O)N[C@H]1CC[C@H](NC(=O)c2c[nH]c3c(-c4cc(C)ccc4OCC4CC4)ncnc23)CC1. The summed E-state index contributed by atoms with van der Waals surface area (Å²) in [6.45, 7) is 4.89. The fourth-order valence-corrected chi connectivity index (χ4v) is 4.75. The van der Waals surface area contributed by atoms with Gasteiger partial charge in [0.2, 0.25) is 0 Å². The topological polar surface area (TPSA) is 118 Å². The Kier molecular flexibility index (Phi) is 7.06. The molecular weight excluding hydrogens is 458 g/mol. The lowest BCUT2D eigenvalue weighted by Crippen LogP contribution is -2.43. The third-order valence-corrected chi connectivity index (χ3v) is 6.93. The molecule has 190 valence electrons. The highest BCUT2D eigenvalue weighted by molar-refractivity contribution is 6.08. The zero-order valence-corrected chi connectivity index (χ0v) is 20.8. The second kappa shape index (κ2) is 10.6. The van der Waals surface area contributed by atoms with Crippen molar-refractivity contribution in [3.05, 3.63) is 41.9 Å². The highest BCUT2D eigenvalue weighted by Gasteiger charge is 2.26. The average molecular weight is 492 g/mol. The Morgan fingerprint density at radius 3 is 2.53 bits per heavy atom. The summed E-state index contributed by atoms with van der Waals surface area (Å²) in [7, 11) is 0. The molecule has 2 amide bonds. The minimum Gasteiger partial charge on any atom is -0.493 e. The molecule has 2 aromatic heterocycles. The van der Waals surface area contributed by atoms with Gasteiger partial charge in [-0.2, -0.15) is 0 Å². The molecule has 3 N–H and O–H groups in total. The number of H-pyrrole nitrogens is 1. The number of nitrogens with zero attached hydrogens (tertiary/aromatic N) is 2. The molecule has 0 saturated heterocycles. The van der Waals surface area contributed by atoms with E-state index in [-0.39, 0.29) is 24.1 Å². The Labute approximate surface area is 210 Å². The summed E-state index contributed by atoms with van der Waals surface area (Å²) >= 11 is 0. The second-order valence-electron chi connectivity index (χ2n) is 9.79. The molecule has 1 aromatic carbocycles. The van der Waals surface area contributed by atoms with E-state index in [0.29, 0.717) is 35.7 Å². The van der Waals surface area contributed by atoms with Crippen LogP contribution in [0.25, 0.3) is 22.3 Å². The van der Waals surface area contributed by atoms with Crippen LogP contribution in [0.5, 0.6) is 5.75 Å². The van der Waals surface area contributed by atoms with Crippen LogP contribution in [0.1, 0.15) is 61.4 Å². The van der Waals surface area contributed by atoms with Gasteiger partial charge in [-0.3, -0.25) is 4.79 Å². The van der Waals surface area contributed by atoms with Gasteiger partial charge < -0.3 is 25.1 Å². The standard InChI is InChI=1S/C27H33N5O4/c1-3-35-27(34)32-19-9-7-18(8-10-19)31-26(33)21-13-28-25-23(29-15-30-24(21)25)20-12-16(2)4-11-22(20)36-14-17-5-6-17/h4,11-13,15,17-19,28H,3,5-10,14H2,1-2H3,(H,31,33)(H,32,34)/t18-,19-. The Hall–Kier alpha value is -3.62. The predicted octanol–water partition coefficient (Wildman–Crippen LogP) is 4.51. The van der Waals surface area contributed by atoms with Crippen LogP contribution in [0.3, 0.4) is 0 Å². The van der Waals surface area contributed by atoms with Crippen molar-refractivity contribution >= 4 is 23.0 Å². The maximum atomic E-state index is 13.2. The molecule has 0 aliphatic heterocycles. The Morgan fingerprint density at radius 1 is 1.06 bits per heavy atom. The third-order valence-electron chi connectivity index (χ3n) is 6.93. The largest absolute Gasteiger partial charge is 0.493 e. The molecule has 2 fully saturated rings. The van der Waals surface area contributed by atoms with E-state index in [1.807, 2.05) is 19.1 Å². The number of aryl methyl sites for hydroxylation is 1. The van der Waals surface area contributed by atoms with Gasteiger partial charge in [-0.25, -0.2) is 14.8 Å². The summed E-state index contributed by atoms with van der Waals surface area (Å²) in [4.78, 5) is 37.1. The summed E-state index contributed by atoms with van der Waals surface area (Å²) in [6, 6.07) is 6.21. The van der Waals surface area contributed by atoms with Crippen molar-refractivity contribution in [2.45, 2.75) is 64.5 Å². The van der Waals surface area contributed by atoms with Crippen LogP contribution in [-0.2, 0) is 4.74 Å². The van der Waals surface area contributed by atoms with E-state index in [0.717, 1.165) is 48.3 Å². The van der Waals surface area contributed by atoms with Crippen molar-refractivity contribution < 1.29 is 19.1 Å². The third kappa shape index (κ3) is 5.45. The number of benzene rings is 1. The first kappa shape index (κ1) is 24.1. The zero-order valence-electron chi connectivity index (χ0n) is 20.8. The van der Waals surface area contributed by atoms with Gasteiger partial charge in [0.05, 0.1) is 24.3 Å². The van der Waals surface area contributed by atoms with Gasteiger partial charge >= 0.3 is 6.09 Å². The Balaban J connectivity index is 1.30. The first-order valence-corrected chi connectivity index (χ1v) is 12.8. The lowest BCUT2D eigenvalue weighted by atomic mass is 9.91. The van der Waals surface area contributed by atoms with Crippen molar-refractivity contribution in [3.8, 4) is 17.0 Å². The summed E-state index contributed by atoms with van der Waals surface area (Å²) in [6.07, 6.45) is 8.42. The van der Waals surface area contributed by atoms with Crippen molar-refractivity contribution in [2.75, 3.05) is 13.2 Å². The van der Waals surface area contributed by atoms with Gasteiger partial charge in [-0.1, -0.05) is 11.6 Å². The number of aromatic amines is 1. The summed E-state index contributed by atoms with van der Waals surface area (Å²) in [5.74, 6) is 1.27. The molecule has 0 atom stereocenters. The number of amides is 2. The normalized spacial score (nSPS) is 19.6. The van der Waals surface area contributed by atoms with Crippen molar-refractivity contribution in [3.63, 3.8) is 0 Å². The minimum atomic E-state index is -0.381. The number of hydrogen-bond acceptors (Lipinski definition) is 6. The van der Waals surface area contributed by atoms with Crippen LogP contribution in [0.15, 0.2) is 30.7 Å². The lowest BCUT2D eigenvalue weighted by molar-refractivity contribution is 0.0923. The van der Waals surface area contributed by atoms with Gasteiger partial charge in [0.1, 0.15) is 23.3 Å². The molecule has 2 saturated carbocycles. The number of ether oxygens (including phenoxy) is 2. The Morgan fingerprint density at radius 2 is 1.81 bits per heavy atom. The maximum Gasteiger partial charge on any atom is 0.407 e. The zero-order chi connectivity index (χ0) is 25.1. The molecule has 36 heavy (non-hydrogen) atoms. The van der Waals surface area contributed by atoms with E-state index in [1.54, 1.807) is 13.1 Å². The number of carbonyl (C=O) groups excluding carboxylic acids is 2. The van der Waals surface area contributed by atoms with Crippen LogP contribution < -0.4 is 15.4 Å². The van der Waals surface area contributed by atoms with Crippen molar-refractivity contribution in [1.82, 2.24) is 25.6 Å². The number of hydrogen-bond donors (Lipinski definition) is 3. The molecule has 0 radical (unpaired) electrons. The number of carbonyl (C=O) groups is 2. The first-order valence-electron chi connectivity index (χ1n) is 12.8. The van der Waals surface area contributed by atoms with Crippen LogP contribution >= 0.6 is 0 Å². The van der Waals surface area contributed by atoms with E-state index in [9.17, 15) is 9.59 Å². The van der Waals surface area contributed by atoms with E-state index in [2.05, 4.69) is 31.7 Å². The molecule has 2 heterocycles. The lowest BCUT2D eigenvalue weighted by Gasteiger charge is -2.29. The molecule has 2 aliphatic rings. The van der Waals surface area contributed by atoms with Crippen LogP contribution in [-0.4, -0.2) is 52.2 Å². The number of alkyl carbamates (subject to hydrolysis) is 1. The molecule has 0 spiro atoms. The van der Waals surface area contributed by atoms with E-state index < -0.39 is 0 Å². The highest BCUT2D eigenvalue weighted by atomic mass is 16.5. The number of nitrogens with one attached hydrogen (secondary N) is 3. The quantitative estimate of drug-likeness (QED) is 0.427. The van der Waals surface area contributed by atoms with Crippen molar-refractivity contribution in [2.24, 2.45) is 5.92 Å². The van der Waals surface area contributed by atoms with Crippen LogP contribution in [0, 0.1) is 12.8 Å². The maximum absolute atomic E-state index is 13.2. The van der Waals surface area contributed by atoms with Gasteiger partial charge in [-0.05, 0) is 70.4 Å². The van der Waals surface area contributed by atoms with Gasteiger partial charge in [0, 0.05) is 23.8 Å². The van der Waals surface area contributed by atoms with Crippen LogP contribution in [0.4, 0.5) is 4.79 Å².